The third kappa shape index (κ3) is 2.36. The van der Waals surface area contributed by atoms with Gasteiger partial charge in [0.2, 0.25) is 0 Å². The molecule has 0 atom stereocenters. The van der Waals surface area contributed by atoms with Crippen LogP contribution in [0.4, 0.5) is 26.3 Å². The minimum absolute atomic E-state index is 0.193. The summed E-state index contributed by atoms with van der Waals surface area (Å²) in [7, 11) is 0. The van der Waals surface area contributed by atoms with Crippen LogP contribution in [0.25, 0.3) is 0 Å². The van der Waals surface area contributed by atoms with Gasteiger partial charge in [-0.05, 0) is 37.1 Å². The van der Waals surface area contributed by atoms with Gasteiger partial charge in [-0.25, -0.2) is 0 Å². The smallest absolute Gasteiger partial charge is 0.430 e. The van der Waals surface area contributed by atoms with E-state index in [2.05, 4.69) is 0 Å². The Balaban J connectivity index is 3.62. The van der Waals surface area contributed by atoms with Crippen molar-refractivity contribution in [1.29, 1.82) is 0 Å². The van der Waals surface area contributed by atoms with E-state index in [0.29, 0.717) is 12.1 Å². The Kier molecular flexibility index (Phi) is 3.53. The zero-order chi connectivity index (χ0) is 15.2. The van der Waals surface area contributed by atoms with Crippen molar-refractivity contribution in [2.24, 2.45) is 0 Å². The summed E-state index contributed by atoms with van der Waals surface area (Å²) in [6.07, 6.45) is -11.9. The molecule has 0 saturated carbocycles. The maximum Gasteiger partial charge on any atom is 0.430 e. The van der Waals surface area contributed by atoms with E-state index in [1.54, 1.807) is 0 Å². The van der Waals surface area contributed by atoms with Gasteiger partial charge in [0.25, 0.3) is 5.60 Å². The number of aliphatic hydroxyl groups is 1. The van der Waals surface area contributed by atoms with Gasteiger partial charge in [-0.15, -0.1) is 0 Å². The number of phenols is 1. The standard InChI is InChI=1S/C11H10F6O2/c1-5-3-7(4-6(2)8(5)18)9(19,10(12,13)14)11(15,16)17/h3-4,18-19H,1-2H3. The van der Waals surface area contributed by atoms with Gasteiger partial charge in [0.15, 0.2) is 0 Å². The monoisotopic (exact) mass is 288 g/mol. The molecule has 108 valence electrons. The van der Waals surface area contributed by atoms with Crippen LogP contribution in [-0.2, 0) is 5.60 Å². The second-order valence-electron chi connectivity index (χ2n) is 4.16. The topological polar surface area (TPSA) is 40.5 Å². The van der Waals surface area contributed by atoms with Crippen LogP contribution in [-0.4, -0.2) is 22.6 Å². The molecule has 0 radical (unpaired) electrons. The van der Waals surface area contributed by atoms with Crippen LogP contribution in [0.15, 0.2) is 12.1 Å². The van der Waals surface area contributed by atoms with Crippen LogP contribution >= 0.6 is 0 Å². The number of hydrogen-bond donors (Lipinski definition) is 2. The quantitative estimate of drug-likeness (QED) is 0.778. The van der Waals surface area contributed by atoms with Crippen molar-refractivity contribution < 1.29 is 36.6 Å². The lowest BCUT2D eigenvalue weighted by atomic mass is 9.89. The summed E-state index contributed by atoms with van der Waals surface area (Å²) in [4.78, 5) is 0. The highest BCUT2D eigenvalue weighted by Crippen LogP contribution is 2.50. The van der Waals surface area contributed by atoms with E-state index in [1.165, 1.54) is 0 Å². The molecule has 1 aromatic carbocycles. The fourth-order valence-electron chi connectivity index (χ4n) is 1.65. The molecule has 0 spiro atoms. The number of benzene rings is 1. The highest BCUT2D eigenvalue weighted by atomic mass is 19.4. The van der Waals surface area contributed by atoms with Gasteiger partial charge >= 0.3 is 12.4 Å². The Morgan fingerprint density at radius 3 is 1.42 bits per heavy atom. The fourth-order valence-corrected chi connectivity index (χ4v) is 1.65. The van der Waals surface area contributed by atoms with E-state index < -0.39 is 29.3 Å². The van der Waals surface area contributed by atoms with E-state index in [-0.39, 0.29) is 11.1 Å². The van der Waals surface area contributed by atoms with E-state index in [0.717, 1.165) is 13.8 Å². The van der Waals surface area contributed by atoms with Crippen molar-refractivity contribution in [3.8, 4) is 5.75 Å². The first-order valence-electron chi connectivity index (χ1n) is 4.99. The highest BCUT2D eigenvalue weighted by molar-refractivity contribution is 5.45. The molecule has 0 fully saturated rings. The van der Waals surface area contributed by atoms with Crippen molar-refractivity contribution in [1.82, 2.24) is 0 Å². The molecule has 19 heavy (non-hydrogen) atoms. The van der Waals surface area contributed by atoms with Crippen LogP contribution < -0.4 is 0 Å². The Labute approximate surface area is 104 Å². The molecule has 1 aromatic rings. The lowest BCUT2D eigenvalue weighted by molar-refractivity contribution is -0.376. The van der Waals surface area contributed by atoms with Crippen LogP contribution in [0.5, 0.6) is 5.75 Å². The minimum atomic E-state index is -5.93. The first kappa shape index (κ1) is 15.6. The van der Waals surface area contributed by atoms with E-state index in [9.17, 15) is 31.4 Å². The van der Waals surface area contributed by atoms with Crippen LogP contribution in [0.3, 0.4) is 0 Å². The predicted octanol–water partition coefficient (Wildman–Crippen LogP) is 3.32. The van der Waals surface area contributed by atoms with Crippen LogP contribution in [0.2, 0.25) is 0 Å². The van der Waals surface area contributed by atoms with E-state index in [4.69, 9.17) is 5.11 Å². The molecule has 0 aliphatic rings. The number of halogens is 6. The van der Waals surface area contributed by atoms with E-state index >= 15 is 0 Å². The van der Waals surface area contributed by atoms with Crippen molar-refractivity contribution in [2.75, 3.05) is 0 Å². The molecule has 0 bridgehead atoms. The zero-order valence-electron chi connectivity index (χ0n) is 9.82. The molecule has 0 unspecified atom stereocenters. The molecular weight excluding hydrogens is 278 g/mol. The van der Waals surface area contributed by atoms with Gasteiger partial charge in [-0.1, -0.05) is 0 Å². The van der Waals surface area contributed by atoms with Crippen LogP contribution in [0, 0.1) is 13.8 Å². The molecule has 0 amide bonds. The Morgan fingerprint density at radius 2 is 1.16 bits per heavy atom. The number of rotatable bonds is 1. The Morgan fingerprint density at radius 1 is 0.842 bits per heavy atom. The summed E-state index contributed by atoms with van der Waals surface area (Å²) in [6.45, 7) is 2.28. The molecule has 0 aromatic heterocycles. The van der Waals surface area contributed by atoms with Gasteiger partial charge in [-0.3, -0.25) is 0 Å². The zero-order valence-corrected chi connectivity index (χ0v) is 9.82. The van der Waals surface area contributed by atoms with E-state index in [1.807, 2.05) is 0 Å². The SMILES string of the molecule is Cc1cc(C(O)(C(F)(F)F)C(F)(F)F)cc(C)c1O. The fraction of sp³-hybridized carbons (Fsp3) is 0.455. The molecule has 0 aliphatic carbocycles. The lowest BCUT2D eigenvalue weighted by Crippen LogP contribution is -2.54. The van der Waals surface area contributed by atoms with Crippen molar-refractivity contribution in [2.45, 2.75) is 31.8 Å². The largest absolute Gasteiger partial charge is 0.507 e. The first-order chi connectivity index (χ1) is 8.32. The Bertz CT molecular complexity index is 452. The predicted molar refractivity (Wildman–Crippen MR) is 53.6 cm³/mol. The Hall–Kier alpha value is -1.44. The number of aryl methyl sites for hydroxylation is 2. The summed E-state index contributed by atoms with van der Waals surface area (Å²) in [5, 5.41) is 18.5. The second-order valence-corrected chi connectivity index (χ2v) is 4.16. The number of hydrogen-bond acceptors (Lipinski definition) is 2. The third-order valence-corrected chi connectivity index (χ3v) is 2.73. The molecule has 2 N–H and O–H groups in total. The van der Waals surface area contributed by atoms with Gasteiger partial charge in [0.1, 0.15) is 5.75 Å². The summed E-state index contributed by atoms with van der Waals surface area (Å²) in [6, 6.07) is 0.923. The lowest BCUT2D eigenvalue weighted by Gasteiger charge is -2.33. The average molecular weight is 288 g/mol. The molecule has 2 nitrogen and oxygen atoms in total. The van der Waals surface area contributed by atoms with Crippen molar-refractivity contribution in [3.05, 3.63) is 28.8 Å². The van der Waals surface area contributed by atoms with Crippen molar-refractivity contribution in [3.63, 3.8) is 0 Å². The van der Waals surface area contributed by atoms with Crippen molar-refractivity contribution >= 4 is 0 Å². The molecular formula is C11H10F6O2. The molecule has 1 rings (SSSR count). The maximum atomic E-state index is 12.6. The molecule has 0 saturated heterocycles. The second kappa shape index (κ2) is 4.29. The van der Waals surface area contributed by atoms with Crippen LogP contribution in [0.1, 0.15) is 16.7 Å². The normalized spacial score (nSPS) is 13.7. The highest BCUT2D eigenvalue weighted by Gasteiger charge is 2.71. The maximum absolute atomic E-state index is 12.6. The summed E-state index contributed by atoms with van der Waals surface area (Å²) < 4.78 is 75.7. The van der Waals surface area contributed by atoms with Gasteiger partial charge in [0.05, 0.1) is 0 Å². The number of phenolic OH excluding ortho intramolecular Hbond substituents is 1. The van der Waals surface area contributed by atoms with Gasteiger partial charge < -0.3 is 10.2 Å². The number of aromatic hydroxyl groups is 1. The molecule has 0 aliphatic heterocycles. The van der Waals surface area contributed by atoms with Gasteiger partial charge in [-0.2, -0.15) is 26.3 Å². The molecule has 8 heteroatoms. The number of alkyl halides is 6. The minimum Gasteiger partial charge on any atom is -0.507 e. The average Bonchev–Trinajstić information content (AvgIpc) is 2.20. The summed E-state index contributed by atoms with van der Waals surface area (Å²) >= 11 is 0. The molecule has 0 heterocycles. The van der Waals surface area contributed by atoms with Gasteiger partial charge in [0, 0.05) is 5.56 Å². The third-order valence-electron chi connectivity index (χ3n) is 2.73. The first-order valence-corrected chi connectivity index (χ1v) is 4.99. The summed E-state index contributed by atoms with van der Waals surface area (Å²) in [5.74, 6) is -0.421. The summed E-state index contributed by atoms with van der Waals surface area (Å²) in [5.41, 5.74) is -6.73.